The second-order valence-electron chi connectivity index (χ2n) is 5.01. The lowest BCUT2D eigenvalue weighted by Gasteiger charge is -2.36. The van der Waals surface area contributed by atoms with Crippen LogP contribution < -0.4 is 0 Å². The van der Waals surface area contributed by atoms with Crippen molar-refractivity contribution in [3.63, 3.8) is 0 Å². The van der Waals surface area contributed by atoms with E-state index in [2.05, 4.69) is 4.90 Å². The molecule has 0 saturated carbocycles. The zero-order valence-electron chi connectivity index (χ0n) is 11.1. The third-order valence-electron chi connectivity index (χ3n) is 3.42. The largest absolute Gasteiger partial charge is 0.478 e. The summed E-state index contributed by atoms with van der Waals surface area (Å²) in [7, 11) is 0. The number of benzene rings is 1. The van der Waals surface area contributed by atoms with E-state index in [1.807, 2.05) is 13.8 Å². The number of carboxylic acids is 1. The van der Waals surface area contributed by atoms with Crippen molar-refractivity contribution in [3.05, 3.63) is 35.1 Å². The van der Waals surface area contributed by atoms with Crippen molar-refractivity contribution < 1.29 is 19.0 Å². The number of nitrogens with zero attached hydrogens (tertiary/aromatic N) is 1. The first-order chi connectivity index (χ1) is 8.99. The van der Waals surface area contributed by atoms with Gasteiger partial charge in [0.25, 0.3) is 0 Å². The van der Waals surface area contributed by atoms with Gasteiger partial charge in [0.2, 0.25) is 0 Å². The van der Waals surface area contributed by atoms with Crippen molar-refractivity contribution in [3.8, 4) is 0 Å². The highest BCUT2D eigenvalue weighted by Gasteiger charge is 2.25. The highest BCUT2D eigenvalue weighted by atomic mass is 19.1. The number of ether oxygens (including phenoxy) is 1. The van der Waals surface area contributed by atoms with Crippen molar-refractivity contribution in [1.29, 1.82) is 0 Å². The molecule has 1 aromatic carbocycles. The van der Waals surface area contributed by atoms with Gasteiger partial charge in [-0.1, -0.05) is 12.1 Å². The molecule has 1 aliphatic heterocycles. The van der Waals surface area contributed by atoms with Gasteiger partial charge in [-0.25, -0.2) is 9.18 Å². The minimum atomic E-state index is -1.23. The molecule has 1 saturated heterocycles. The Morgan fingerprint density at radius 2 is 2.26 bits per heavy atom. The molecule has 1 heterocycles. The topological polar surface area (TPSA) is 49.8 Å². The molecule has 1 aliphatic rings. The van der Waals surface area contributed by atoms with Gasteiger partial charge in [0, 0.05) is 24.7 Å². The Hall–Kier alpha value is -1.46. The lowest BCUT2D eigenvalue weighted by atomic mass is 10.1. The van der Waals surface area contributed by atoms with Crippen LogP contribution >= 0.6 is 0 Å². The van der Waals surface area contributed by atoms with Crippen LogP contribution in [-0.2, 0) is 11.3 Å². The van der Waals surface area contributed by atoms with Gasteiger partial charge < -0.3 is 9.84 Å². The van der Waals surface area contributed by atoms with Crippen LogP contribution in [0.25, 0.3) is 0 Å². The van der Waals surface area contributed by atoms with E-state index in [9.17, 15) is 9.18 Å². The second-order valence-corrected chi connectivity index (χ2v) is 5.01. The van der Waals surface area contributed by atoms with Crippen molar-refractivity contribution >= 4 is 5.97 Å². The molecule has 0 spiro atoms. The molecule has 0 aliphatic carbocycles. The number of morpholine rings is 1. The van der Waals surface area contributed by atoms with Crippen LogP contribution in [-0.4, -0.2) is 41.3 Å². The molecule has 5 heteroatoms. The normalized spacial score (nSPS) is 24.4. The first-order valence-corrected chi connectivity index (χ1v) is 6.35. The first-order valence-electron chi connectivity index (χ1n) is 6.35. The summed E-state index contributed by atoms with van der Waals surface area (Å²) in [5.41, 5.74) is 0.146. The second kappa shape index (κ2) is 5.67. The van der Waals surface area contributed by atoms with E-state index in [-0.39, 0.29) is 17.7 Å². The summed E-state index contributed by atoms with van der Waals surface area (Å²) in [5.74, 6) is -1.87. The summed E-state index contributed by atoms with van der Waals surface area (Å²) in [6, 6.07) is 4.70. The van der Waals surface area contributed by atoms with E-state index in [1.165, 1.54) is 6.07 Å². The fraction of sp³-hybridized carbons (Fsp3) is 0.500. The summed E-state index contributed by atoms with van der Waals surface area (Å²) < 4.78 is 19.6. The number of hydrogen-bond acceptors (Lipinski definition) is 3. The number of hydrogen-bond donors (Lipinski definition) is 1. The number of carbonyl (C=O) groups is 1. The van der Waals surface area contributed by atoms with Crippen molar-refractivity contribution in [2.24, 2.45) is 0 Å². The minimum absolute atomic E-state index is 0.113. The highest BCUT2D eigenvalue weighted by molar-refractivity contribution is 5.88. The van der Waals surface area contributed by atoms with Crippen LogP contribution in [0.3, 0.4) is 0 Å². The Morgan fingerprint density at radius 3 is 2.95 bits per heavy atom. The molecule has 2 unspecified atom stereocenters. The molecule has 0 bridgehead atoms. The third-order valence-corrected chi connectivity index (χ3v) is 3.42. The molecule has 0 radical (unpaired) electrons. The van der Waals surface area contributed by atoms with E-state index >= 15 is 0 Å². The van der Waals surface area contributed by atoms with Gasteiger partial charge in [0.1, 0.15) is 5.82 Å². The Labute approximate surface area is 111 Å². The maximum absolute atomic E-state index is 14.1. The van der Waals surface area contributed by atoms with E-state index in [4.69, 9.17) is 9.84 Å². The van der Waals surface area contributed by atoms with E-state index < -0.39 is 11.8 Å². The van der Waals surface area contributed by atoms with Crippen LogP contribution in [0.1, 0.15) is 29.8 Å². The predicted molar refractivity (Wildman–Crippen MR) is 68.6 cm³/mol. The monoisotopic (exact) mass is 267 g/mol. The summed E-state index contributed by atoms with van der Waals surface area (Å²) in [5, 5.41) is 8.92. The molecule has 19 heavy (non-hydrogen) atoms. The molecule has 1 N–H and O–H groups in total. The number of halogens is 1. The molecule has 4 nitrogen and oxygen atoms in total. The Balaban J connectivity index is 2.19. The van der Waals surface area contributed by atoms with Crippen molar-refractivity contribution in [1.82, 2.24) is 4.90 Å². The summed E-state index contributed by atoms with van der Waals surface area (Å²) in [4.78, 5) is 13.0. The average Bonchev–Trinajstić information content (AvgIpc) is 2.36. The van der Waals surface area contributed by atoms with Crippen LogP contribution in [0, 0.1) is 5.82 Å². The Kier molecular flexibility index (Phi) is 4.17. The first kappa shape index (κ1) is 14.0. The molecule has 2 atom stereocenters. The van der Waals surface area contributed by atoms with Gasteiger partial charge in [-0.3, -0.25) is 4.90 Å². The summed E-state index contributed by atoms with van der Waals surface area (Å²) in [6.45, 7) is 5.73. The van der Waals surface area contributed by atoms with E-state index in [1.54, 1.807) is 12.1 Å². The smallest absolute Gasteiger partial charge is 0.338 e. The molecule has 2 rings (SSSR count). The highest BCUT2D eigenvalue weighted by Crippen LogP contribution is 2.19. The van der Waals surface area contributed by atoms with Crippen LogP contribution in [0.4, 0.5) is 4.39 Å². The van der Waals surface area contributed by atoms with Crippen molar-refractivity contribution in [2.75, 3.05) is 13.2 Å². The zero-order chi connectivity index (χ0) is 14.0. The quantitative estimate of drug-likeness (QED) is 0.911. The maximum Gasteiger partial charge on any atom is 0.338 e. The fourth-order valence-electron chi connectivity index (χ4n) is 2.28. The van der Waals surface area contributed by atoms with Crippen LogP contribution in [0.5, 0.6) is 0 Å². The maximum atomic E-state index is 14.1. The molecule has 104 valence electrons. The molecule has 0 aromatic heterocycles. The van der Waals surface area contributed by atoms with Gasteiger partial charge in [-0.15, -0.1) is 0 Å². The van der Waals surface area contributed by atoms with Gasteiger partial charge in [0.05, 0.1) is 18.3 Å². The number of carboxylic acid groups (broad SMARTS) is 1. The SMILES string of the molecule is CC1CN(Cc2cccc(C(=O)O)c2F)C(C)CO1. The van der Waals surface area contributed by atoms with Gasteiger partial charge in [-0.2, -0.15) is 0 Å². The van der Waals surface area contributed by atoms with Gasteiger partial charge >= 0.3 is 5.97 Å². The molecular weight excluding hydrogens is 249 g/mol. The van der Waals surface area contributed by atoms with E-state index in [0.717, 1.165) is 6.54 Å². The third kappa shape index (κ3) is 3.11. The predicted octanol–water partition coefficient (Wildman–Crippen LogP) is 2.13. The zero-order valence-corrected chi connectivity index (χ0v) is 11.1. The Bertz CT molecular complexity index is 478. The average molecular weight is 267 g/mol. The van der Waals surface area contributed by atoms with E-state index in [0.29, 0.717) is 18.7 Å². The lowest BCUT2D eigenvalue weighted by Crippen LogP contribution is -2.46. The van der Waals surface area contributed by atoms with Crippen LogP contribution in [0.15, 0.2) is 18.2 Å². The molecule has 1 aromatic rings. The fourth-order valence-corrected chi connectivity index (χ4v) is 2.28. The lowest BCUT2D eigenvalue weighted by molar-refractivity contribution is -0.0529. The Morgan fingerprint density at radius 1 is 1.53 bits per heavy atom. The number of rotatable bonds is 3. The van der Waals surface area contributed by atoms with Gasteiger partial charge in [-0.05, 0) is 19.9 Å². The minimum Gasteiger partial charge on any atom is -0.478 e. The molecule has 0 amide bonds. The molecule has 1 fully saturated rings. The van der Waals surface area contributed by atoms with Crippen molar-refractivity contribution in [2.45, 2.75) is 32.5 Å². The van der Waals surface area contributed by atoms with Gasteiger partial charge in [0.15, 0.2) is 0 Å². The van der Waals surface area contributed by atoms with Crippen LogP contribution in [0.2, 0.25) is 0 Å². The summed E-state index contributed by atoms with van der Waals surface area (Å²) in [6.07, 6.45) is 0.113. The standard InChI is InChI=1S/C14H18FNO3/c1-9-8-19-10(2)6-16(9)7-11-4-3-5-12(13(11)15)14(17)18/h3-5,9-10H,6-8H2,1-2H3,(H,17,18). The number of aromatic carboxylic acids is 1. The summed E-state index contributed by atoms with van der Waals surface area (Å²) >= 11 is 0. The molecular formula is C14H18FNO3.